The average molecular weight is 227 g/mol. The average Bonchev–Trinajstić information content (AvgIpc) is 2.47. The van der Waals surface area contributed by atoms with Crippen LogP contribution in [0.2, 0.25) is 0 Å². The molecule has 0 radical (unpaired) electrons. The molecule has 0 spiro atoms. The van der Waals surface area contributed by atoms with Gasteiger partial charge in [0.15, 0.2) is 0 Å². The summed E-state index contributed by atoms with van der Waals surface area (Å²) in [4.78, 5) is 7.23. The number of ether oxygens (including phenoxy) is 1. The Morgan fingerprint density at radius 2 is 2.33 bits per heavy atom. The van der Waals surface area contributed by atoms with Gasteiger partial charge in [-0.1, -0.05) is 0 Å². The summed E-state index contributed by atoms with van der Waals surface area (Å²) in [5.74, 6) is 0.622. The number of aromatic nitrogens is 2. The molecular weight excluding hydrogens is 220 g/mol. The molecule has 2 rings (SSSR count). The van der Waals surface area contributed by atoms with Crippen LogP contribution >= 0.6 is 15.9 Å². The summed E-state index contributed by atoms with van der Waals surface area (Å²) in [7, 11) is 1.60. The van der Waals surface area contributed by atoms with E-state index in [0.29, 0.717) is 5.88 Å². The molecule has 0 saturated heterocycles. The van der Waals surface area contributed by atoms with Crippen molar-refractivity contribution in [3.8, 4) is 5.88 Å². The molecule has 0 aromatic carbocycles. The summed E-state index contributed by atoms with van der Waals surface area (Å²) in [5, 5.41) is 1.07. The topological polar surface area (TPSA) is 37.9 Å². The Morgan fingerprint density at radius 1 is 1.50 bits per heavy atom. The maximum Gasteiger partial charge on any atom is 0.214 e. The van der Waals surface area contributed by atoms with E-state index in [1.54, 1.807) is 7.11 Å². The van der Waals surface area contributed by atoms with Crippen LogP contribution in [0.5, 0.6) is 5.88 Å². The molecule has 3 nitrogen and oxygen atoms in total. The highest BCUT2D eigenvalue weighted by atomic mass is 79.9. The van der Waals surface area contributed by atoms with Gasteiger partial charge in [0.25, 0.3) is 0 Å². The third-order valence-electron chi connectivity index (χ3n) is 1.67. The van der Waals surface area contributed by atoms with E-state index in [0.717, 1.165) is 15.5 Å². The second-order valence-corrected chi connectivity index (χ2v) is 3.24. The molecule has 1 N–H and O–H groups in total. The maximum atomic E-state index is 4.99. The van der Waals surface area contributed by atoms with Crippen molar-refractivity contribution in [2.75, 3.05) is 7.11 Å². The molecule has 2 heterocycles. The Morgan fingerprint density at radius 3 is 3.08 bits per heavy atom. The first-order valence-corrected chi connectivity index (χ1v) is 4.28. The number of pyridine rings is 1. The van der Waals surface area contributed by atoms with Crippen LogP contribution < -0.4 is 4.74 Å². The van der Waals surface area contributed by atoms with E-state index in [9.17, 15) is 0 Å². The van der Waals surface area contributed by atoms with Crippen molar-refractivity contribution < 1.29 is 4.74 Å². The van der Waals surface area contributed by atoms with Crippen molar-refractivity contribution in [2.24, 2.45) is 0 Å². The molecule has 0 atom stereocenters. The highest BCUT2D eigenvalue weighted by molar-refractivity contribution is 9.10. The molecule has 62 valence electrons. The van der Waals surface area contributed by atoms with Gasteiger partial charge in [0.05, 0.1) is 7.11 Å². The number of nitrogens with zero attached hydrogens (tertiary/aromatic N) is 1. The lowest BCUT2D eigenvalue weighted by Crippen LogP contribution is -1.86. The van der Waals surface area contributed by atoms with Gasteiger partial charge in [-0.2, -0.15) is 4.98 Å². The minimum Gasteiger partial charge on any atom is -0.481 e. The number of H-pyrrole nitrogens is 1. The highest BCUT2D eigenvalue weighted by Crippen LogP contribution is 2.23. The van der Waals surface area contributed by atoms with E-state index in [1.807, 2.05) is 18.3 Å². The Kier molecular flexibility index (Phi) is 1.77. The zero-order valence-corrected chi connectivity index (χ0v) is 8.05. The number of halogens is 1. The maximum absolute atomic E-state index is 4.99. The Labute approximate surface area is 77.9 Å². The number of nitrogens with one attached hydrogen (secondary N) is 1. The molecule has 0 aliphatic rings. The van der Waals surface area contributed by atoms with Crippen molar-refractivity contribution >= 4 is 27.0 Å². The van der Waals surface area contributed by atoms with E-state index in [-0.39, 0.29) is 0 Å². The zero-order valence-electron chi connectivity index (χ0n) is 6.47. The normalized spacial score (nSPS) is 10.5. The molecule has 0 bridgehead atoms. The number of hydrogen-bond donors (Lipinski definition) is 1. The fraction of sp³-hybridized carbons (Fsp3) is 0.125. The van der Waals surface area contributed by atoms with Crippen molar-refractivity contribution in [2.45, 2.75) is 0 Å². The number of aromatic amines is 1. The minimum atomic E-state index is 0.622. The molecule has 2 aromatic rings. The lowest BCUT2D eigenvalue weighted by Gasteiger charge is -1.96. The van der Waals surface area contributed by atoms with Crippen LogP contribution in [0.1, 0.15) is 0 Å². The van der Waals surface area contributed by atoms with Gasteiger partial charge in [0.1, 0.15) is 5.65 Å². The summed E-state index contributed by atoms with van der Waals surface area (Å²) in [6, 6.07) is 3.79. The summed E-state index contributed by atoms with van der Waals surface area (Å²) >= 11 is 3.40. The lowest BCUT2D eigenvalue weighted by molar-refractivity contribution is 0.399. The van der Waals surface area contributed by atoms with Gasteiger partial charge < -0.3 is 9.72 Å². The fourth-order valence-corrected chi connectivity index (χ4v) is 1.50. The van der Waals surface area contributed by atoms with E-state index in [2.05, 4.69) is 25.9 Å². The first-order chi connectivity index (χ1) is 5.81. The molecule has 0 fully saturated rings. The minimum absolute atomic E-state index is 0.622. The zero-order chi connectivity index (χ0) is 8.55. The van der Waals surface area contributed by atoms with Crippen LogP contribution in [-0.2, 0) is 0 Å². The molecule has 0 amide bonds. The van der Waals surface area contributed by atoms with Gasteiger partial charge in [0.2, 0.25) is 5.88 Å². The van der Waals surface area contributed by atoms with E-state index in [4.69, 9.17) is 4.74 Å². The van der Waals surface area contributed by atoms with Gasteiger partial charge in [-0.15, -0.1) is 0 Å². The van der Waals surface area contributed by atoms with E-state index < -0.39 is 0 Å². The second kappa shape index (κ2) is 2.79. The summed E-state index contributed by atoms with van der Waals surface area (Å²) in [6.45, 7) is 0. The summed E-state index contributed by atoms with van der Waals surface area (Å²) in [6.07, 6.45) is 1.86. The second-order valence-electron chi connectivity index (χ2n) is 2.39. The molecule has 12 heavy (non-hydrogen) atoms. The molecule has 0 aliphatic heterocycles. The number of methoxy groups -OCH3 is 1. The number of hydrogen-bond acceptors (Lipinski definition) is 2. The van der Waals surface area contributed by atoms with Crippen LogP contribution in [-0.4, -0.2) is 17.1 Å². The van der Waals surface area contributed by atoms with Crippen LogP contribution in [0.15, 0.2) is 22.8 Å². The van der Waals surface area contributed by atoms with Gasteiger partial charge in [-0.3, -0.25) is 0 Å². The van der Waals surface area contributed by atoms with Crippen LogP contribution in [0.4, 0.5) is 0 Å². The third-order valence-corrected chi connectivity index (χ3v) is 2.33. The quantitative estimate of drug-likeness (QED) is 0.811. The van der Waals surface area contributed by atoms with Gasteiger partial charge in [0, 0.05) is 22.1 Å². The molecule has 0 unspecified atom stereocenters. The van der Waals surface area contributed by atoms with Gasteiger partial charge in [-0.05, 0) is 22.0 Å². The Hall–Kier alpha value is -1.03. The predicted molar refractivity (Wildman–Crippen MR) is 50.3 cm³/mol. The van der Waals surface area contributed by atoms with Crippen molar-refractivity contribution in [1.82, 2.24) is 9.97 Å². The first-order valence-electron chi connectivity index (χ1n) is 3.49. The van der Waals surface area contributed by atoms with Gasteiger partial charge >= 0.3 is 0 Å². The SMILES string of the molecule is COc1ccc2c(Br)c[nH]c2n1. The Balaban J connectivity index is 2.69. The molecule has 0 aliphatic carbocycles. The summed E-state index contributed by atoms with van der Waals surface area (Å²) < 4.78 is 6.01. The van der Waals surface area contributed by atoms with Crippen LogP contribution in [0, 0.1) is 0 Å². The van der Waals surface area contributed by atoms with Crippen molar-refractivity contribution in [1.29, 1.82) is 0 Å². The predicted octanol–water partition coefficient (Wildman–Crippen LogP) is 2.33. The molecule has 4 heteroatoms. The molecular formula is C8H7BrN2O. The first kappa shape index (κ1) is 7.61. The monoisotopic (exact) mass is 226 g/mol. The van der Waals surface area contributed by atoms with Crippen molar-refractivity contribution in [3.63, 3.8) is 0 Å². The van der Waals surface area contributed by atoms with Crippen molar-refractivity contribution in [3.05, 3.63) is 22.8 Å². The number of fused-ring (bicyclic) bond motifs is 1. The summed E-state index contributed by atoms with van der Waals surface area (Å²) in [5.41, 5.74) is 0.834. The third kappa shape index (κ3) is 1.08. The standard InChI is InChI=1S/C8H7BrN2O/c1-12-7-3-2-5-6(9)4-10-8(5)11-7/h2-4H,1H3,(H,10,11). The molecule has 2 aromatic heterocycles. The van der Waals surface area contributed by atoms with E-state index in [1.165, 1.54) is 0 Å². The Bertz CT molecular complexity index is 410. The molecule has 0 saturated carbocycles. The highest BCUT2D eigenvalue weighted by Gasteiger charge is 2.02. The van der Waals surface area contributed by atoms with Crippen LogP contribution in [0.3, 0.4) is 0 Å². The van der Waals surface area contributed by atoms with Crippen LogP contribution in [0.25, 0.3) is 11.0 Å². The smallest absolute Gasteiger partial charge is 0.214 e. The largest absolute Gasteiger partial charge is 0.481 e. The van der Waals surface area contributed by atoms with Gasteiger partial charge in [-0.25, -0.2) is 0 Å². The lowest BCUT2D eigenvalue weighted by atomic mass is 10.3. The fourth-order valence-electron chi connectivity index (χ4n) is 1.07. The van der Waals surface area contributed by atoms with E-state index >= 15 is 0 Å². The number of rotatable bonds is 1.